The van der Waals surface area contributed by atoms with Crippen molar-refractivity contribution in [2.75, 3.05) is 10.6 Å². The van der Waals surface area contributed by atoms with Gasteiger partial charge in [0.25, 0.3) is 0 Å². The predicted molar refractivity (Wildman–Crippen MR) is 74.5 cm³/mol. The summed E-state index contributed by atoms with van der Waals surface area (Å²) in [6.07, 6.45) is 0. The molecule has 0 atom stereocenters. The van der Waals surface area contributed by atoms with Gasteiger partial charge < -0.3 is 10.6 Å². The minimum absolute atomic E-state index is 0.0859. The lowest BCUT2D eigenvalue weighted by molar-refractivity contribution is -0.114. The van der Waals surface area contributed by atoms with E-state index in [1.165, 1.54) is 19.1 Å². The van der Waals surface area contributed by atoms with Gasteiger partial charge in [-0.1, -0.05) is 12.1 Å². The van der Waals surface area contributed by atoms with Crippen LogP contribution in [0.4, 0.5) is 15.8 Å². The van der Waals surface area contributed by atoms with Crippen LogP contribution in [0.25, 0.3) is 0 Å². The van der Waals surface area contributed by atoms with Crippen molar-refractivity contribution in [3.05, 3.63) is 59.9 Å². The molecule has 0 aliphatic heterocycles. The van der Waals surface area contributed by atoms with Gasteiger partial charge in [0, 0.05) is 24.8 Å². The molecule has 0 heterocycles. The molecular formula is C15H15FN2O. The van der Waals surface area contributed by atoms with Gasteiger partial charge in [-0.2, -0.15) is 0 Å². The highest BCUT2D eigenvalue weighted by atomic mass is 19.1. The van der Waals surface area contributed by atoms with E-state index in [0.717, 1.165) is 16.9 Å². The molecule has 0 aromatic heterocycles. The maximum Gasteiger partial charge on any atom is 0.221 e. The fourth-order valence-electron chi connectivity index (χ4n) is 1.68. The van der Waals surface area contributed by atoms with Gasteiger partial charge in [-0.05, 0) is 42.0 Å². The highest BCUT2D eigenvalue weighted by Crippen LogP contribution is 2.13. The molecule has 0 aliphatic rings. The summed E-state index contributed by atoms with van der Waals surface area (Å²) in [6.45, 7) is 2.12. The first-order valence-corrected chi connectivity index (χ1v) is 5.99. The first-order valence-electron chi connectivity index (χ1n) is 5.99. The van der Waals surface area contributed by atoms with Crippen LogP contribution in [0.5, 0.6) is 0 Å². The number of amides is 1. The summed E-state index contributed by atoms with van der Waals surface area (Å²) in [6, 6.07) is 13.8. The van der Waals surface area contributed by atoms with Crippen LogP contribution in [0.1, 0.15) is 12.5 Å². The number of hydrogen-bond donors (Lipinski definition) is 2. The fraction of sp³-hybridized carbons (Fsp3) is 0.133. The van der Waals surface area contributed by atoms with E-state index in [4.69, 9.17) is 0 Å². The van der Waals surface area contributed by atoms with E-state index in [9.17, 15) is 9.18 Å². The first kappa shape index (κ1) is 13.1. The molecule has 0 aliphatic carbocycles. The van der Waals surface area contributed by atoms with Gasteiger partial charge in [-0.3, -0.25) is 4.79 Å². The molecule has 4 heteroatoms. The van der Waals surface area contributed by atoms with Gasteiger partial charge in [0.2, 0.25) is 5.91 Å². The minimum Gasteiger partial charge on any atom is -0.381 e. The van der Waals surface area contributed by atoms with Crippen molar-refractivity contribution in [2.24, 2.45) is 0 Å². The largest absolute Gasteiger partial charge is 0.381 e. The van der Waals surface area contributed by atoms with Crippen molar-refractivity contribution in [3.63, 3.8) is 0 Å². The summed E-state index contributed by atoms with van der Waals surface area (Å²) in [4.78, 5) is 10.9. The second-order valence-electron chi connectivity index (χ2n) is 4.24. The van der Waals surface area contributed by atoms with Crippen molar-refractivity contribution in [1.29, 1.82) is 0 Å². The first-order chi connectivity index (χ1) is 9.13. The molecule has 0 saturated heterocycles. The van der Waals surface area contributed by atoms with Crippen LogP contribution in [-0.2, 0) is 11.3 Å². The number of halogens is 1. The van der Waals surface area contributed by atoms with E-state index in [-0.39, 0.29) is 11.7 Å². The summed E-state index contributed by atoms with van der Waals surface area (Å²) in [5.41, 5.74) is 2.73. The topological polar surface area (TPSA) is 41.1 Å². The van der Waals surface area contributed by atoms with E-state index in [0.29, 0.717) is 6.54 Å². The molecule has 2 N–H and O–H groups in total. The molecule has 3 nitrogen and oxygen atoms in total. The molecule has 0 bridgehead atoms. The Morgan fingerprint density at radius 2 is 1.58 bits per heavy atom. The molecule has 0 radical (unpaired) electrons. The molecule has 0 unspecified atom stereocenters. The standard InChI is InChI=1S/C15H15FN2O/c1-11(19)18-15-6-2-12(3-7-15)10-17-14-8-4-13(16)5-9-14/h2-9,17H,10H2,1H3,(H,18,19). The smallest absolute Gasteiger partial charge is 0.221 e. The third kappa shape index (κ3) is 4.10. The zero-order valence-electron chi connectivity index (χ0n) is 10.6. The zero-order chi connectivity index (χ0) is 13.7. The van der Waals surface area contributed by atoms with Crippen LogP contribution in [-0.4, -0.2) is 5.91 Å². The Morgan fingerprint density at radius 3 is 2.16 bits per heavy atom. The lowest BCUT2D eigenvalue weighted by atomic mass is 10.2. The summed E-state index contributed by atoms with van der Waals surface area (Å²) in [5, 5.41) is 5.91. The van der Waals surface area contributed by atoms with Crippen molar-refractivity contribution in [1.82, 2.24) is 0 Å². The number of rotatable bonds is 4. The molecule has 0 spiro atoms. The Kier molecular flexibility index (Phi) is 4.13. The molecule has 2 rings (SSSR count). The number of hydrogen-bond acceptors (Lipinski definition) is 2. The predicted octanol–water partition coefficient (Wildman–Crippen LogP) is 3.40. The lowest BCUT2D eigenvalue weighted by Crippen LogP contribution is -2.06. The van der Waals surface area contributed by atoms with Crippen LogP contribution in [0, 0.1) is 5.82 Å². The molecule has 2 aromatic carbocycles. The van der Waals surface area contributed by atoms with Gasteiger partial charge in [0.1, 0.15) is 5.82 Å². The normalized spacial score (nSPS) is 10.0. The summed E-state index contributed by atoms with van der Waals surface area (Å²) in [5.74, 6) is -0.331. The average molecular weight is 258 g/mol. The third-order valence-corrected chi connectivity index (χ3v) is 2.62. The maximum absolute atomic E-state index is 12.7. The minimum atomic E-state index is -0.245. The highest BCUT2D eigenvalue weighted by molar-refractivity contribution is 5.88. The molecule has 19 heavy (non-hydrogen) atoms. The quantitative estimate of drug-likeness (QED) is 0.882. The number of carbonyl (C=O) groups excluding carboxylic acids is 1. The highest BCUT2D eigenvalue weighted by Gasteiger charge is 1.97. The molecule has 98 valence electrons. The lowest BCUT2D eigenvalue weighted by Gasteiger charge is -2.07. The SMILES string of the molecule is CC(=O)Nc1ccc(CNc2ccc(F)cc2)cc1. The molecule has 1 amide bonds. The molecule has 2 aromatic rings. The van der Waals surface area contributed by atoms with Crippen LogP contribution in [0.3, 0.4) is 0 Å². The summed E-state index contributed by atoms with van der Waals surface area (Å²) >= 11 is 0. The van der Waals surface area contributed by atoms with Crippen LogP contribution in [0.15, 0.2) is 48.5 Å². The molecular weight excluding hydrogens is 243 g/mol. The van der Waals surface area contributed by atoms with Crippen LogP contribution >= 0.6 is 0 Å². The Bertz CT molecular complexity index is 549. The van der Waals surface area contributed by atoms with Crippen molar-refractivity contribution in [3.8, 4) is 0 Å². The van der Waals surface area contributed by atoms with E-state index in [1.54, 1.807) is 12.1 Å². The zero-order valence-corrected chi connectivity index (χ0v) is 10.6. The van der Waals surface area contributed by atoms with E-state index in [1.807, 2.05) is 24.3 Å². The second kappa shape index (κ2) is 6.00. The number of anilines is 2. The van der Waals surface area contributed by atoms with Gasteiger partial charge in [-0.25, -0.2) is 4.39 Å². The van der Waals surface area contributed by atoms with Gasteiger partial charge in [-0.15, -0.1) is 0 Å². The van der Waals surface area contributed by atoms with Gasteiger partial charge in [0.05, 0.1) is 0 Å². The average Bonchev–Trinajstić information content (AvgIpc) is 2.39. The summed E-state index contributed by atoms with van der Waals surface area (Å²) in [7, 11) is 0. The maximum atomic E-state index is 12.7. The number of benzene rings is 2. The molecule has 0 saturated carbocycles. The number of nitrogens with one attached hydrogen (secondary N) is 2. The van der Waals surface area contributed by atoms with Crippen molar-refractivity contribution in [2.45, 2.75) is 13.5 Å². The van der Waals surface area contributed by atoms with E-state index < -0.39 is 0 Å². The third-order valence-electron chi connectivity index (χ3n) is 2.62. The molecule has 0 fully saturated rings. The fourth-order valence-corrected chi connectivity index (χ4v) is 1.68. The monoisotopic (exact) mass is 258 g/mol. The second-order valence-corrected chi connectivity index (χ2v) is 4.24. The van der Waals surface area contributed by atoms with E-state index in [2.05, 4.69) is 10.6 Å². The van der Waals surface area contributed by atoms with Crippen molar-refractivity contribution >= 4 is 17.3 Å². The van der Waals surface area contributed by atoms with Gasteiger partial charge in [0.15, 0.2) is 0 Å². The number of carbonyl (C=O) groups is 1. The van der Waals surface area contributed by atoms with Crippen LogP contribution < -0.4 is 10.6 Å². The Balaban J connectivity index is 1.92. The van der Waals surface area contributed by atoms with Gasteiger partial charge >= 0.3 is 0 Å². The Morgan fingerprint density at radius 1 is 1.00 bits per heavy atom. The Hall–Kier alpha value is -2.36. The Labute approximate surface area is 111 Å². The van der Waals surface area contributed by atoms with Crippen molar-refractivity contribution < 1.29 is 9.18 Å². The summed E-state index contributed by atoms with van der Waals surface area (Å²) < 4.78 is 12.7. The van der Waals surface area contributed by atoms with E-state index >= 15 is 0 Å². The van der Waals surface area contributed by atoms with Crippen LogP contribution in [0.2, 0.25) is 0 Å².